The number of nitrogens with zero attached hydrogens (tertiary/aromatic N) is 1. The molecular formula is C31H40FN3O5. The summed E-state index contributed by atoms with van der Waals surface area (Å²) in [7, 11) is 1.81. The predicted octanol–water partition coefficient (Wildman–Crippen LogP) is 4.69. The molecule has 0 spiro atoms. The number of aliphatic hydroxyl groups is 1. The zero-order valence-electron chi connectivity index (χ0n) is 23.5. The highest BCUT2D eigenvalue weighted by atomic mass is 19.1. The van der Waals surface area contributed by atoms with Crippen LogP contribution in [0.25, 0.3) is 0 Å². The monoisotopic (exact) mass is 553 g/mol. The Balaban J connectivity index is 1.45. The van der Waals surface area contributed by atoms with Crippen LogP contribution in [0.5, 0.6) is 0 Å². The van der Waals surface area contributed by atoms with Gasteiger partial charge in [0.2, 0.25) is 11.3 Å². The van der Waals surface area contributed by atoms with Gasteiger partial charge in [-0.25, -0.2) is 4.39 Å². The van der Waals surface area contributed by atoms with Crippen LogP contribution in [0.15, 0.2) is 47.3 Å². The predicted molar refractivity (Wildman–Crippen MR) is 152 cm³/mol. The van der Waals surface area contributed by atoms with Gasteiger partial charge in [-0.3, -0.25) is 14.4 Å². The number of aliphatic hydroxyl groups excluding tert-OH is 1. The molecule has 2 fully saturated rings. The lowest BCUT2D eigenvalue weighted by Gasteiger charge is -2.36. The largest absolute Gasteiger partial charge is 0.368 e. The number of carbonyl (C=O) groups is 2. The van der Waals surface area contributed by atoms with Crippen molar-refractivity contribution in [2.75, 3.05) is 18.9 Å². The van der Waals surface area contributed by atoms with Gasteiger partial charge >= 0.3 is 0 Å². The summed E-state index contributed by atoms with van der Waals surface area (Å²) in [5, 5.41) is 15.8. The van der Waals surface area contributed by atoms with Gasteiger partial charge in [0.05, 0.1) is 17.5 Å². The molecule has 2 aliphatic rings. The maximum Gasteiger partial charge on any atom is 0.253 e. The van der Waals surface area contributed by atoms with Gasteiger partial charge in [-0.2, -0.15) is 0 Å². The summed E-state index contributed by atoms with van der Waals surface area (Å²) in [4.78, 5) is 38.8. The van der Waals surface area contributed by atoms with Crippen molar-refractivity contribution in [1.29, 1.82) is 0 Å². The van der Waals surface area contributed by atoms with Crippen LogP contribution in [0.4, 0.5) is 15.8 Å². The molecule has 3 unspecified atom stereocenters. The summed E-state index contributed by atoms with van der Waals surface area (Å²) in [5.74, 6) is -0.839. The van der Waals surface area contributed by atoms with Gasteiger partial charge in [-0.15, -0.1) is 0 Å². The number of rotatable bonds is 8. The van der Waals surface area contributed by atoms with E-state index in [2.05, 4.69) is 10.6 Å². The molecular weight excluding hydrogens is 513 g/mol. The first-order chi connectivity index (χ1) is 19.1. The Hall–Kier alpha value is -3.30. The molecule has 0 radical (unpaired) electrons. The minimum atomic E-state index is -0.945. The van der Waals surface area contributed by atoms with Crippen molar-refractivity contribution in [3.63, 3.8) is 0 Å². The molecule has 4 atom stereocenters. The highest BCUT2D eigenvalue weighted by Gasteiger charge is 2.32. The van der Waals surface area contributed by atoms with Crippen molar-refractivity contribution in [1.82, 2.24) is 10.2 Å². The molecule has 2 aromatic carbocycles. The van der Waals surface area contributed by atoms with Crippen molar-refractivity contribution in [3.8, 4) is 0 Å². The zero-order valence-corrected chi connectivity index (χ0v) is 23.5. The summed E-state index contributed by atoms with van der Waals surface area (Å²) < 4.78 is 20.8. The highest BCUT2D eigenvalue weighted by Crippen LogP contribution is 2.36. The van der Waals surface area contributed by atoms with Gasteiger partial charge in [0.15, 0.2) is 6.29 Å². The van der Waals surface area contributed by atoms with E-state index in [1.807, 2.05) is 20.0 Å². The SMILES string of the molecule is CC(=O)NC[C@H]1CC(C(C)c2ccc(Nc3ccc(C(=O)N(C)C4CCCCC4)ccc3=O)c(F)c2)CC(O)O1. The quantitative estimate of drug-likeness (QED) is 0.438. The Labute approximate surface area is 234 Å². The number of anilines is 2. The number of benzene rings is 1. The third-order valence-electron chi connectivity index (χ3n) is 8.29. The second-order valence-corrected chi connectivity index (χ2v) is 11.1. The Bertz CT molecular complexity index is 1270. The molecule has 0 aromatic heterocycles. The highest BCUT2D eigenvalue weighted by molar-refractivity contribution is 5.94. The van der Waals surface area contributed by atoms with Crippen LogP contribution < -0.4 is 16.1 Å². The second kappa shape index (κ2) is 13.4. The molecule has 1 heterocycles. The summed E-state index contributed by atoms with van der Waals surface area (Å²) in [6.45, 7) is 3.72. The van der Waals surface area contributed by atoms with E-state index in [-0.39, 0.29) is 52.6 Å². The molecule has 1 aliphatic carbocycles. The van der Waals surface area contributed by atoms with Gasteiger partial charge in [-0.05, 0) is 73.1 Å². The molecule has 4 rings (SSSR count). The van der Waals surface area contributed by atoms with E-state index in [1.165, 1.54) is 37.6 Å². The van der Waals surface area contributed by atoms with Crippen LogP contribution >= 0.6 is 0 Å². The molecule has 1 aliphatic heterocycles. The first-order valence-electron chi connectivity index (χ1n) is 14.2. The van der Waals surface area contributed by atoms with E-state index in [0.717, 1.165) is 31.2 Å². The maximum absolute atomic E-state index is 15.2. The van der Waals surface area contributed by atoms with Gasteiger partial charge in [-0.1, -0.05) is 32.3 Å². The molecule has 2 aromatic rings. The lowest BCUT2D eigenvalue weighted by Crippen LogP contribution is -2.41. The average molecular weight is 554 g/mol. The normalized spacial score (nSPS) is 22.3. The second-order valence-electron chi connectivity index (χ2n) is 11.1. The van der Waals surface area contributed by atoms with Crippen LogP contribution in [0.2, 0.25) is 0 Å². The number of halogens is 1. The fourth-order valence-corrected chi connectivity index (χ4v) is 5.81. The van der Waals surface area contributed by atoms with E-state index < -0.39 is 12.1 Å². The molecule has 3 N–H and O–H groups in total. The van der Waals surface area contributed by atoms with E-state index >= 15 is 4.39 Å². The van der Waals surface area contributed by atoms with Crippen LogP contribution in [0, 0.1) is 11.7 Å². The fourth-order valence-electron chi connectivity index (χ4n) is 5.81. The van der Waals surface area contributed by atoms with E-state index in [9.17, 15) is 19.5 Å². The topological polar surface area (TPSA) is 108 Å². The number of nitrogens with one attached hydrogen (secondary N) is 2. The van der Waals surface area contributed by atoms with Crippen molar-refractivity contribution < 1.29 is 23.8 Å². The molecule has 0 bridgehead atoms. The van der Waals surface area contributed by atoms with E-state index in [1.54, 1.807) is 17.0 Å². The van der Waals surface area contributed by atoms with Crippen LogP contribution in [0.3, 0.4) is 0 Å². The smallest absolute Gasteiger partial charge is 0.253 e. The van der Waals surface area contributed by atoms with Crippen molar-refractivity contribution in [3.05, 3.63) is 69.6 Å². The molecule has 9 heteroatoms. The van der Waals surface area contributed by atoms with Crippen molar-refractivity contribution in [2.24, 2.45) is 5.92 Å². The zero-order chi connectivity index (χ0) is 28.8. The van der Waals surface area contributed by atoms with Gasteiger partial charge < -0.3 is 25.4 Å². The molecule has 8 nitrogen and oxygen atoms in total. The lowest BCUT2D eigenvalue weighted by molar-refractivity contribution is -0.178. The molecule has 1 saturated carbocycles. The van der Waals surface area contributed by atoms with Gasteiger partial charge in [0.25, 0.3) is 5.91 Å². The van der Waals surface area contributed by atoms with Crippen molar-refractivity contribution >= 4 is 23.2 Å². The number of hydrogen-bond donors (Lipinski definition) is 3. The number of ether oxygens (including phenoxy) is 1. The summed E-state index contributed by atoms with van der Waals surface area (Å²) in [5.41, 5.74) is 1.16. The van der Waals surface area contributed by atoms with Crippen LogP contribution in [0.1, 0.15) is 80.6 Å². The summed E-state index contributed by atoms with van der Waals surface area (Å²) in [6, 6.07) is 11.1. The Morgan fingerprint density at radius 2 is 1.77 bits per heavy atom. The maximum atomic E-state index is 15.2. The fraction of sp³-hybridized carbons (Fsp3) is 0.516. The number of amides is 2. The Morgan fingerprint density at radius 1 is 1.07 bits per heavy atom. The van der Waals surface area contributed by atoms with E-state index in [4.69, 9.17) is 4.74 Å². The van der Waals surface area contributed by atoms with Crippen LogP contribution in [-0.2, 0) is 9.53 Å². The molecule has 40 heavy (non-hydrogen) atoms. The Kier molecular flexibility index (Phi) is 9.92. The third kappa shape index (κ3) is 7.46. The minimum absolute atomic E-state index is 0.0323. The van der Waals surface area contributed by atoms with Crippen LogP contribution in [-0.4, -0.2) is 53.8 Å². The van der Waals surface area contributed by atoms with Gasteiger partial charge in [0.1, 0.15) is 5.82 Å². The number of hydrogen-bond acceptors (Lipinski definition) is 6. The number of carbonyl (C=O) groups excluding carboxylic acids is 2. The summed E-state index contributed by atoms with van der Waals surface area (Å²) in [6.07, 6.45) is 5.17. The average Bonchev–Trinajstić information content (AvgIpc) is 3.13. The Morgan fingerprint density at radius 3 is 2.48 bits per heavy atom. The first-order valence-corrected chi connectivity index (χ1v) is 14.2. The van der Waals surface area contributed by atoms with E-state index in [0.29, 0.717) is 24.9 Å². The summed E-state index contributed by atoms with van der Waals surface area (Å²) >= 11 is 0. The molecule has 1 saturated heterocycles. The minimum Gasteiger partial charge on any atom is -0.368 e. The lowest BCUT2D eigenvalue weighted by atomic mass is 9.80. The third-order valence-corrected chi connectivity index (χ3v) is 8.29. The van der Waals surface area contributed by atoms with Gasteiger partial charge in [0, 0.05) is 38.5 Å². The first kappa shape index (κ1) is 29.7. The molecule has 2 amide bonds. The molecule has 216 valence electrons. The van der Waals surface area contributed by atoms with Crippen molar-refractivity contribution in [2.45, 2.75) is 83.1 Å². The standard InChI is InChI=1S/C31H40FN3O5/c1-19(23-15-25(18-33-20(2)36)40-30(38)17-23)22-10-12-27(26(32)16-22)34-28-13-9-21(11-14-29(28)37)31(39)35(3)24-7-5-4-6-8-24/h9-14,16,19,23-25,30,38H,4-8,15,17-18H2,1-3H3,(H,33,36)(H,34,37)/t19?,23?,25-,30?/m1/s1.